The summed E-state index contributed by atoms with van der Waals surface area (Å²) in [6.45, 7) is 0. The third-order valence-electron chi connectivity index (χ3n) is 3.18. The summed E-state index contributed by atoms with van der Waals surface area (Å²) >= 11 is 15.5. The van der Waals surface area contributed by atoms with Gasteiger partial charge in [-0.05, 0) is 41.8 Å². The molecule has 21 heavy (non-hydrogen) atoms. The van der Waals surface area contributed by atoms with Crippen LogP contribution in [0.4, 0.5) is 0 Å². The summed E-state index contributed by atoms with van der Waals surface area (Å²) in [6, 6.07) is 12.9. The van der Waals surface area contributed by atoms with Crippen molar-refractivity contribution in [2.24, 2.45) is 0 Å². The monoisotopic (exact) mass is 386 g/mol. The minimum absolute atomic E-state index is 0.317. The Labute approximate surface area is 142 Å². The fourth-order valence-corrected chi connectivity index (χ4v) is 2.91. The van der Waals surface area contributed by atoms with E-state index in [-0.39, 0.29) is 5.97 Å². The molecule has 0 N–H and O–H groups in total. The second-order valence-corrected chi connectivity index (χ2v) is 6.33. The molecule has 2 aromatic carbocycles. The molecule has 0 spiro atoms. The van der Waals surface area contributed by atoms with E-state index in [1.807, 2.05) is 24.3 Å². The topological polar surface area (TPSA) is 26.3 Å². The van der Waals surface area contributed by atoms with Crippen molar-refractivity contribution in [3.8, 4) is 0 Å². The Morgan fingerprint density at radius 3 is 2.43 bits per heavy atom. The van der Waals surface area contributed by atoms with Crippen molar-refractivity contribution in [3.63, 3.8) is 0 Å². The Hall–Kier alpha value is -1.03. The number of hydrogen-bond donors (Lipinski definition) is 0. The molecule has 0 saturated carbocycles. The summed E-state index contributed by atoms with van der Waals surface area (Å²) in [5.41, 5.74) is 1.75. The quantitative estimate of drug-likeness (QED) is 0.669. The maximum absolute atomic E-state index is 12.1. The van der Waals surface area contributed by atoms with Crippen LogP contribution < -0.4 is 0 Å². The number of benzene rings is 2. The van der Waals surface area contributed by atoms with Crippen LogP contribution in [0.25, 0.3) is 0 Å². The van der Waals surface area contributed by atoms with E-state index in [9.17, 15) is 4.79 Å². The van der Waals surface area contributed by atoms with Gasteiger partial charge in [-0.25, -0.2) is 0 Å². The minimum Gasteiger partial charge on any atom is -0.469 e. The first-order valence-corrected chi connectivity index (χ1v) is 7.83. The highest BCUT2D eigenvalue weighted by Crippen LogP contribution is 2.31. The maximum Gasteiger partial charge on any atom is 0.313 e. The normalized spacial score (nSPS) is 12.0. The van der Waals surface area contributed by atoms with Gasteiger partial charge in [-0.1, -0.05) is 57.3 Å². The van der Waals surface area contributed by atoms with Crippen molar-refractivity contribution < 1.29 is 9.53 Å². The summed E-state index contributed by atoms with van der Waals surface area (Å²) in [5.74, 6) is -0.775. The maximum atomic E-state index is 12.1. The molecule has 2 aromatic rings. The second-order valence-electron chi connectivity index (χ2n) is 4.57. The van der Waals surface area contributed by atoms with Crippen LogP contribution in [0, 0.1) is 0 Å². The number of carbonyl (C=O) groups excluding carboxylic acids is 1. The second kappa shape index (κ2) is 7.30. The lowest BCUT2D eigenvalue weighted by atomic mass is 9.92. The zero-order valence-corrected chi connectivity index (χ0v) is 14.4. The molecule has 5 heteroatoms. The summed E-state index contributed by atoms with van der Waals surface area (Å²) in [6.07, 6.45) is 0.515. The van der Waals surface area contributed by atoms with Gasteiger partial charge in [0.25, 0.3) is 0 Å². The first kappa shape index (κ1) is 16.3. The van der Waals surface area contributed by atoms with Crippen molar-refractivity contribution in [1.82, 2.24) is 0 Å². The number of rotatable bonds is 4. The van der Waals surface area contributed by atoms with E-state index in [1.165, 1.54) is 7.11 Å². The van der Waals surface area contributed by atoms with E-state index in [0.717, 1.165) is 15.6 Å². The molecule has 0 saturated heterocycles. The molecule has 110 valence electrons. The fourth-order valence-electron chi connectivity index (χ4n) is 2.10. The number of esters is 1. The van der Waals surface area contributed by atoms with E-state index >= 15 is 0 Å². The predicted octanol–water partition coefficient (Wildman–Crippen LogP) is 5.26. The van der Waals surface area contributed by atoms with Gasteiger partial charge in [0.15, 0.2) is 0 Å². The van der Waals surface area contributed by atoms with Gasteiger partial charge in [0.05, 0.1) is 13.0 Å². The first-order valence-electron chi connectivity index (χ1n) is 6.28. The molecule has 0 aliphatic carbocycles. The van der Waals surface area contributed by atoms with Gasteiger partial charge in [0, 0.05) is 14.5 Å². The molecule has 0 bridgehead atoms. The number of carbonyl (C=O) groups is 1. The molecular formula is C16H13BrCl2O2. The molecule has 0 heterocycles. The average molecular weight is 388 g/mol. The lowest BCUT2D eigenvalue weighted by Gasteiger charge is -2.17. The van der Waals surface area contributed by atoms with Gasteiger partial charge in [0.1, 0.15) is 0 Å². The lowest BCUT2D eigenvalue weighted by Crippen LogP contribution is -2.17. The number of methoxy groups -OCH3 is 1. The third kappa shape index (κ3) is 4.22. The summed E-state index contributed by atoms with van der Waals surface area (Å²) < 4.78 is 5.90. The number of hydrogen-bond acceptors (Lipinski definition) is 2. The molecule has 0 aromatic heterocycles. The van der Waals surface area contributed by atoms with Crippen LogP contribution in [0.3, 0.4) is 0 Å². The van der Waals surface area contributed by atoms with E-state index < -0.39 is 5.92 Å². The zero-order chi connectivity index (χ0) is 15.4. The zero-order valence-electron chi connectivity index (χ0n) is 11.3. The molecule has 1 unspecified atom stereocenters. The van der Waals surface area contributed by atoms with Crippen LogP contribution in [0.2, 0.25) is 10.0 Å². The minimum atomic E-state index is -0.457. The van der Waals surface area contributed by atoms with Crippen LogP contribution in [-0.2, 0) is 16.0 Å². The van der Waals surface area contributed by atoms with Gasteiger partial charge < -0.3 is 4.74 Å². The summed E-state index contributed by atoms with van der Waals surface area (Å²) in [7, 11) is 1.38. The number of halogens is 3. The Morgan fingerprint density at radius 1 is 1.19 bits per heavy atom. The molecule has 0 radical (unpaired) electrons. The number of ether oxygens (including phenoxy) is 1. The van der Waals surface area contributed by atoms with Crippen LogP contribution in [-0.4, -0.2) is 13.1 Å². The third-order valence-corrected chi connectivity index (χ3v) is 4.27. The Kier molecular flexibility index (Phi) is 5.68. The van der Waals surface area contributed by atoms with Crippen LogP contribution in [0.15, 0.2) is 46.9 Å². The van der Waals surface area contributed by atoms with Crippen LogP contribution >= 0.6 is 39.1 Å². The molecule has 0 fully saturated rings. The van der Waals surface area contributed by atoms with Gasteiger partial charge in [0.2, 0.25) is 0 Å². The average Bonchev–Trinajstić information content (AvgIpc) is 2.47. The Balaban J connectivity index is 2.34. The lowest BCUT2D eigenvalue weighted by molar-refractivity contribution is -0.142. The van der Waals surface area contributed by atoms with Crippen LogP contribution in [0.5, 0.6) is 0 Å². The van der Waals surface area contributed by atoms with Crippen molar-refractivity contribution >= 4 is 45.1 Å². The summed E-state index contributed by atoms with van der Waals surface area (Å²) in [4.78, 5) is 12.1. The van der Waals surface area contributed by atoms with Crippen molar-refractivity contribution in [2.45, 2.75) is 12.3 Å². The highest BCUT2D eigenvalue weighted by Gasteiger charge is 2.24. The van der Waals surface area contributed by atoms with Crippen molar-refractivity contribution in [2.75, 3.05) is 7.11 Å². The fraction of sp³-hybridized carbons (Fsp3) is 0.188. The van der Waals surface area contributed by atoms with Gasteiger partial charge in [-0.3, -0.25) is 4.79 Å². The van der Waals surface area contributed by atoms with Crippen molar-refractivity contribution in [1.29, 1.82) is 0 Å². The molecule has 0 aliphatic rings. The van der Waals surface area contributed by atoms with E-state index in [4.69, 9.17) is 27.9 Å². The Morgan fingerprint density at radius 2 is 1.86 bits per heavy atom. The van der Waals surface area contributed by atoms with Gasteiger partial charge in [-0.15, -0.1) is 0 Å². The molecule has 1 atom stereocenters. The smallest absolute Gasteiger partial charge is 0.313 e. The summed E-state index contributed by atoms with van der Waals surface area (Å²) in [5, 5.41) is 1.01. The SMILES string of the molecule is COC(=O)C(Cc1ccc(Br)cc1)c1ccc(Cl)cc1Cl. The Bertz CT molecular complexity index is 641. The standard InChI is InChI=1S/C16H13BrCl2O2/c1-21-16(20)14(8-10-2-4-11(17)5-3-10)13-7-6-12(18)9-15(13)19/h2-7,9,14H,8H2,1H3. The highest BCUT2D eigenvalue weighted by atomic mass is 79.9. The van der Waals surface area contributed by atoms with E-state index in [2.05, 4.69) is 15.9 Å². The van der Waals surface area contributed by atoms with Crippen LogP contribution in [0.1, 0.15) is 17.0 Å². The molecule has 0 amide bonds. The largest absolute Gasteiger partial charge is 0.469 e. The molecule has 0 aliphatic heterocycles. The molecular weight excluding hydrogens is 375 g/mol. The molecule has 2 nitrogen and oxygen atoms in total. The van der Waals surface area contributed by atoms with Gasteiger partial charge in [-0.2, -0.15) is 0 Å². The molecule has 2 rings (SSSR count). The van der Waals surface area contributed by atoms with Gasteiger partial charge >= 0.3 is 5.97 Å². The first-order chi connectivity index (χ1) is 10.0. The van der Waals surface area contributed by atoms with E-state index in [0.29, 0.717) is 16.5 Å². The van der Waals surface area contributed by atoms with Crippen molar-refractivity contribution in [3.05, 3.63) is 68.1 Å². The van der Waals surface area contributed by atoms with E-state index in [1.54, 1.807) is 18.2 Å². The highest BCUT2D eigenvalue weighted by molar-refractivity contribution is 9.10. The predicted molar refractivity (Wildman–Crippen MR) is 89.1 cm³/mol.